The molecule has 0 aliphatic carbocycles. The van der Waals surface area contributed by atoms with Crippen LogP contribution in [0.25, 0.3) is 0 Å². The van der Waals surface area contributed by atoms with Crippen LogP contribution in [0.5, 0.6) is 5.75 Å². The Kier molecular flexibility index (Phi) is 8.76. The molecule has 0 saturated carbocycles. The molecule has 2 saturated heterocycles. The highest BCUT2D eigenvalue weighted by Gasteiger charge is 2.44. The first kappa shape index (κ1) is 26.6. The van der Waals surface area contributed by atoms with E-state index < -0.39 is 6.04 Å². The Labute approximate surface area is 218 Å². The number of hydrogen-bond donors (Lipinski definition) is 1. The van der Waals surface area contributed by atoms with Gasteiger partial charge in [-0.3, -0.25) is 19.4 Å². The molecule has 0 spiro atoms. The number of likely N-dealkylation sites (tertiary alicyclic amines) is 1. The summed E-state index contributed by atoms with van der Waals surface area (Å²) in [6.07, 6.45) is 4.41. The van der Waals surface area contributed by atoms with Gasteiger partial charge in [0.15, 0.2) is 0 Å². The van der Waals surface area contributed by atoms with Gasteiger partial charge in [0.1, 0.15) is 11.8 Å². The summed E-state index contributed by atoms with van der Waals surface area (Å²) < 4.78 is 5.38. The molecule has 2 unspecified atom stereocenters. The molecule has 9 nitrogen and oxygen atoms in total. The van der Waals surface area contributed by atoms with Crippen molar-refractivity contribution in [2.75, 3.05) is 39.8 Å². The van der Waals surface area contributed by atoms with Gasteiger partial charge >= 0.3 is 0 Å². The zero-order chi connectivity index (χ0) is 26.4. The highest BCUT2D eigenvalue weighted by Crippen LogP contribution is 2.29. The minimum atomic E-state index is -0.636. The van der Waals surface area contributed by atoms with Crippen molar-refractivity contribution in [1.82, 2.24) is 25.0 Å². The van der Waals surface area contributed by atoms with Gasteiger partial charge in [0.05, 0.1) is 18.7 Å². The van der Waals surface area contributed by atoms with Crippen LogP contribution in [0.4, 0.5) is 0 Å². The standard InChI is InChI=1S/C28H37N5O4/c1-20(2)26(34)32(18-21-7-4-9-24(15-21)37-3)23-16-25(28(36)31-13-6-11-29-12-14-31)33(19-23)27(35)22-8-5-10-30-17-22/h4-5,7-10,15,17,20,23,25,29H,6,11-14,16,18-19H2,1-3H3. The molecule has 1 N–H and O–H groups in total. The number of amides is 3. The highest BCUT2D eigenvalue weighted by atomic mass is 16.5. The number of nitrogens with zero attached hydrogens (tertiary/aromatic N) is 4. The number of aromatic nitrogens is 1. The molecule has 4 rings (SSSR count). The maximum Gasteiger partial charge on any atom is 0.256 e. The topological polar surface area (TPSA) is 95.1 Å². The number of methoxy groups -OCH3 is 1. The lowest BCUT2D eigenvalue weighted by atomic mass is 10.1. The van der Waals surface area contributed by atoms with Gasteiger partial charge in [0.25, 0.3) is 5.91 Å². The quantitative estimate of drug-likeness (QED) is 0.617. The second-order valence-corrected chi connectivity index (χ2v) is 10.0. The van der Waals surface area contributed by atoms with Crippen LogP contribution < -0.4 is 10.1 Å². The fourth-order valence-electron chi connectivity index (χ4n) is 5.12. The number of pyridine rings is 1. The largest absolute Gasteiger partial charge is 0.497 e. The van der Waals surface area contributed by atoms with E-state index in [0.717, 1.165) is 30.8 Å². The lowest BCUT2D eigenvalue weighted by Gasteiger charge is -2.31. The highest BCUT2D eigenvalue weighted by molar-refractivity contribution is 5.98. The Morgan fingerprint density at radius 1 is 1.16 bits per heavy atom. The number of carbonyl (C=O) groups is 3. The predicted octanol–water partition coefficient (Wildman–Crippen LogP) is 2.18. The van der Waals surface area contributed by atoms with Crippen molar-refractivity contribution in [2.45, 2.75) is 45.3 Å². The number of benzene rings is 1. The van der Waals surface area contributed by atoms with Gasteiger partial charge < -0.3 is 24.8 Å². The van der Waals surface area contributed by atoms with E-state index in [1.807, 2.05) is 47.9 Å². The van der Waals surface area contributed by atoms with Crippen LogP contribution in [0.15, 0.2) is 48.8 Å². The van der Waals surface area contributed by atoms with E-state index in [1.165, 1.54) is 6.20 Å². The summed E-state index contributed by atoms with van der Waals surface area (Å²) in [6, 6.07) is 10.2. The van der Waals surface area contributed by atoms with Crippen LogP contribution in [0, 0.1) is 5.92 Å². The summed E-state index contributed by atoms with van der Waals surface area (Å²) >= 11 is 0. The Morgan fingerprint density at radius 3 is 2.73 bits per heavy atom. The summed E-state index contributed by atoms with van der Waals surface area (Å²) in [5, 5.41) is 3.33. The van der Waals surface area contributed by atoms with Gasteiger partial charge in [-0.1, -0.05) is 26.0 Å². The van der Waals surface area contributed by atoms with Gasteiger partial charge in [-0.2, -0.15) is 0 Å². The first-order valence-electron chi connectivity index (χ1n) is 13.0. The van der Waals surface area contributed by atoms with Crippen molar-refractivity contribution < 1.29 is 19.1 Å². The number of carbonyl (C=O) groups excluding carboxylic acids is 3. The average molecular weight is 508 g/mol. The van der Waals surface area contributed by atoms with Crippen LogP contribution in [0.3, 0.4) is 0 Å². The van der Waals surface area contributed by atoms with Crippen LogP contribution in [-0.2, 0) is 16.1 Å². The lowest BCUT2D eigenvalue weighted by Crippen LogP contribution is -2.48. The van der Waals surface area contributed by atoms with Gasteiger partial charge in [-0.25, -0.2) is 0 Å². The monoisotopic (exact) mass is 507 g/mol. The number of nitrogens with one attached hydrogen (secondary N) is 1. The zero-order valence-electron chi connectivity index (χ0n) is 21.9. The molecule has 1 aromatic heterocycles. The molecule has 2 aliphatic heterocycles. The first-order valence-corrected chi connectivity index (χ1v) is 13.0. The Hall–Kier alpha value is -3.46. The first-order chi connectivity index (χ1) is 17.9. The van der Waals surface area contributed by atoms with Crippen LogP contribution in [-0.4, -0.2) is 89.3 Å². The molecule has 9 heteroatoms. The SMILES string of the molecule is COc1cccc(CN(C(=O)C(C)C)C2CC(C(=O)N3CCCNCC3)N(C(=O)c3cccnc3)C2)c1. The molecule has 3 heterocycles. The lowest BCUT2D eigenvalue weighted by molar-refractivity contribution is -0.138. The second kappa shape index (κ2) is 12.2. The molecule has 1 aromatic carbocycles. The Morgan fingerprint density at radius 2 is 2.00 bits per heavy atom. The predicted molar refractivity (Wildman–Crippen MR) is 140 cm³/mol. The van der Waals surface area contributed by atoms with Gasteiger partial charge in [0.2, 0.25) is 11.8 Å². The molecule has 37 heavy (non-hydrogen) atoms. The molecular weight excluding hydrogens is 470 g/mol. The van der Waals surface area contributed by atoms with Crippen LogP contribution in [0.1, 0.15) is 42.6 Å². The Balaban J connectivity index is 1.64. The number of hydrogen-bond acceptors (Lipinski definition) is 6. The van der Waals surface area contributed by atoms with E-state index in [4.69, 9.17) is 4.74 Å². The van der Waals surface area contributed by atoms with Crippen molar-refractivity contribution in [2.24, 2.45) is 5.92 Å². The third-order valence-corrected chi connectivity index (χ3v) is 7.09. The smallest absolute Gasteiger partial charge is 0.256 e. The van der Waals surface area contributed by atoms with Gasteiger partial charge in [-0.05, 0) is 49.2 Å². The number of ether oxygens (including phenoxy) is 1. The van der Waals surface area contributed by atoms with E-state index in [0.29, 0.717) is 38.2 Å². The molecule has 198 valence electrons. The summed E-state index contributed by atoms with van der Waals surface area (Å²) in [5.74, 6) is 0.201. The normalized spacial score (nSPS) is 20.0. The van der Waals surface area contributed by atoms with Crippen LogP contribution >= 0.6 is 0 Å². The third kappa shape index (κ3) is 6.28. The molecule has 2 aliphatic rings. The molecule has 3 amide bonds. The van der Waals surface area contributed by atoms with E-state index in [1.54, 1.807) is 30.3 Å². The summed E-state index contributed by atoms with van der Waals surface area (Å²) in [7, 11) is 1.61. The number of rotatable bonds is 7. The molecule has 2 fully saturated rings. The zero-order valence-corrected chi connectivity index (χ0v) is 21.9. The summed E-state index contributed by atoms with van der Waals surface area (Å²) in [6.45, 7) is 7.27. The molecule has 2 aromatic rings. The van der Waals surface area contributed by atoms with E-state index in [9.17, 15) is 14.4 Å². The maximum atomic E-state index is 13.8. The van der Waals surface area contributed by atoms with E-state index >= 15 is 0 Å². The van der Waals surface area contributed by atoms with Crippen molar-refractivity contribution >= 4 is 17.7 Å². The summed E-state index contributed by atoms with van der Waals surface area (Å²) in [5.41, 5.74) is 1.37. The molecule has 0 radical (unpaired) electrons. The molecule has 2 atom stereocenters. The fourth-order valence-corrected chi connectivity index (χ4v) is 5.12. The maximum absolute atomic E-state index is 13.8. The van der Waals surface area contributed by atoms with Gasteiger partial charge in [0, 0.05) is 51.0 Å². The van der Waals surface area contributed by atoms with Crippen molar-refractivity contribution in [3.8, 4) is 5.75 Å². The third-order valence-electron chi connectivity index (χ3n) is 7.09. The van der Waals surface area contributed by atoms with Gasteiger partial charge in [-0.15, -0.1) is 0 Å². The van der Waals surface area contributed by atoms with E-state index in [2.05, 4.69) is 10.3 Å². The van der Waals surface area contributed by atoms with Crippen LogP contribution in [0.2, 0.25) is 0 Å². The minimum absolute atomic E-state index is 0.00586. The van der Waals surface area contributed by atoms with Crippen molar-refractivity contribution in [3.05, 3.63) is 59.9 Å². The van der Waals surface area contributed by atoms with Crippen molar-refractivity contribution in [3.63, 3.8) is 0 Å². The average Bonchev–Trinajstić information content (AvgIpc) is 3.18. The Bertz CT molecular complexity index is 1080. The fraction of sp³-hybridized carbons (Fsp3) is 0.500. The van der Waals surface area contributed by atoms with E-state index in [-0.39, 0.29) is 29.7 Å². The minimum Gasteiger partial charge on any atom is -0.497 e. The second-order valence-electron chi connectivity index (χ2n) is 10.0. The molecule has 0 bridgehead atoms. The van der Waals surface area contributed by atoms with Crippen molar-refractivity contribution in [1.29, 1.82) is 0 Å². The summed E-state index contributed by atoms with van der Waals surface area (Å²) in [4.78, 5) is 50.3. The molecular formula is C28H37N5O4.